The second kappa shape index (κ2) is 7.17. The molecule has 108 valence electrons. The summed E-state index contributed by atoms with van der Waals surface area (Å²) < 4.78 is 13.0. The Morgan fingerprint density at radius 1 is 1.30 bits per heavy atom. The van der Waals surface area contributed by atoms with Gasteiger partial charge in [-0.05, 0) is 23.8 Å². The highest BCUT2D eigenvalue weighted by Gasteiger charge is 2.18. The van der Waals surface area contributed by atoms with E-state index in [9.17, 15) is 9.18 Å². The van der Waals surface area contributed by atoms with Gasteiger partial charge in [0.05, 0.1) is 6.61 Å². The van der Waals surface area contributed by atoms with Crippen LogP contribution in [0, 0.1) is 5.82 Å². The van der Waals surface area contributed by atoms with Gasteiger partial charge in [0.2, 0.25) is 5.91 Å². The first-order valence-electron chi connectivity index (χ1n) is 6.75. The summed E-state index contributed by atoms with van der Waals surface area (Å²) in [5.74, 6) is -0.366. The van der Waals surface area contributed by atoms with Crippen molar-refractivity contribution in [1.82, 2.24) is 9.80 Å². The van der Waals surface area contributed by atoms with E-state index in [0.29, 0.717) is 25.2 Å². The van der Waals surface area contributed by atoms with E-state index in [-0.39, 0.29) is 18.3 Å². The van der Waals surface area contributed by atoms with Crippen molar-refractivity contribution in [3.05, 3.63) is 41.7 Å². The first-order valence-corrected chi connectivity index (χ1v) is 6.75. The normalized spacial score (nSPS) is 16.8. The monoisotopic (exact) mass is 278 g/mol. The molecule has 1 N–H and O–H groups in total. The van der Waals surface area contributed by atoms with Gasteiger partial charge in [-0.25, -0.2) is 4.39 Å². The fourth-order valence-electron chi connectivity index (χ4n) is 2.22. The Bertz CT molecular complexity index is 483. The van der Waals surface area contributed by atoms with Crippen LogP contribution in [0.1, 0.15) is 5.56 Å². The number of aliphatic hydroxyl groups excluding tert-OH is 1. The van der Waals surface area contributed by atoms with Gasteiger partial charge in [0, 0.05) is 38.8 Å². The van der Waals surface area contributed by atoms with Crippen LogP contribution in [0.2, 0.25) is 0 Å². The summed E-state index contributed by atoms with van der Waals surface area (Å²) >= 11 is 0. The third-order valence-electron chi connectivity index (χ3n) is 3.37. The minimum absolute atomic E-state index is 0.0575. The molecule has 1 amide bonds. The first-order chi connectivity index (χ1) is 9.69. The number of aliphatic hydroxyl groups is 1. The number of carbonyl (C=O) groups is 1. The van der Waals surface area contributed by atoms with Gasteiger partial charge in [-0.15, -0.1) is 0 Å². The van der Waals surface area contributed by atoms with E-state index < -0.39 is 0 Å². The van der Waals surface area contributed by atoms with Gasteiger partial charge in [0.25, 0.3) is 0 Å². The standard InChI is InChI=1S/C15H19FN2O2/c16-14-3-1-2-13(12-14)4-5-15(20)18-8-6-17(7-9-18)10-11-19/h1-5,12,19H,6-11H2/b5-4+. The number of halogens is 1. The van der Waals surface area contributed by atoms with Crippen molar-refractivity contribution in [2.45, 2.75) is 0 Å². The van der Waals surface area contributed by atoms with Crippen LogP contribution >= 0.6 is 0 Å². The molecular formula is C15H19FN2O2. The molecular weight excluding hydrogens is 259 g/mol. The van der Waals surface area contributed by atoms with Gasteiger partial charge >= 0.3 is 0 Å². The Balaban J connectivity index is 1.86. The van der Waals surface area contributed by atoms with Gasteiger partial charge in [0.1, 0.15) is 5.82 Å². The van der Waals surface area contributed by atoms with Crippen molar-refractivity contribution in [3.63, 3.8) is 0 Å². The van der Waals surface area contributed by atoms with E-state index in [2.05, 4.69) is 4.90 Å². The van der Waals surface area contributed by atoms with Crippen LogP contribution in [0.5, 0.6) is 0 Å². The summed E-state index contributed by atoms with van der Waals surface area (Å²) in [4.78, 5) is 15.9. The van der Waals surface area contributed by atoms with Crippen molar-refractivity contribution in [3.8, 4) is 0 Å². The minimum Gasteiger partial charge on any atom is -0.395 e. The lowest BCUT2D eigenvalue weighted by molar-refractivity contribution is -0.127. The predicted octanol–water partition coefficient (Wildman–Crippen LogP) is 0.975. The molecule has 20 heavy (non-hydrogen) atoms. The Kier molecular flexibility index (Phi) is 5.26. The maximum absolute atomic E-state index is 13.0. The lowest BCUT2D eigenvalue weighted by Crippen LogP contribution is -2.48. The molecule has 1 saturated heterocycles. The van der Waals surface area contributed by atoms with Gasteiger partial charge in [-0.3, -0.25) is 9.69 Å². The van der Waals surface area contributed by atoms with E-state index in [0.717, 1.165) is 13.1 Å². The van der Waals surface area contributed by atoms with E-state index in [4.69, 9.17) is 5.11 Å². The highest BCUT2D eigenvalue weighted by molar-refractivity contribution is 5.91. The van der Waals surface area contributed by atoms with E-state index in [1.54, 1.807) is 23.1 Å². The van der Waals surface area contributed by atoms with E-state index in [1.165, 1.54) is 18.2 Å². The zero-order valence-electron chi connectivity index (χ0n) is 11.3. The highest BCUT2D eigenvalue weighted by Crippen LogP contribution is 2.07. The first kappa shape index (κ1) is 14.7. The second-order valence-electron chi connectivity index (χ2n) is 4.78. The molecule has 1 aromatic carbocycles. The van der Waals surface area contributed by atoms with E-state index >= 15 is 0 Å². The molecule has 0 aromatic heterocycles. The SMILES string of the molecule is O=C(/C=C/c1cccc(F)c1)N1CCN(CCO)CC1. The van der Waals surface area contributed by atoms with Gasteiger partial charge < -0.3 is 10.0 Å². The largest absolute Gasteiger partial charge is 0.395 e. The van der Waals surface area contributed by atoms with E-state index in [1.807, 2.05) is 0 Å². The molecule has 4 nitrogen and oxygen atoms in total. The smallest absolute Gasteiger partial charge is 0.246 e. The predicted molar refractivity (Wildman–Crippen MR) is 75.5 cm³/mol. The third kappa shape index (κ3) is 4.15. The topological polar surface area (TPSA) is 43.8 Å². The average Bonchev–Trinajstić information content (AvgIpc) is 2.46. The fourth-order valence-corrected chi connectivity index (χ4v) is 2.22. The molecule has 1 heterocycles. The Hall–Kier alpha value is -1.72. The molecule has 0 saturated carbocycles. The van der Waals surface area contributed by atoms with Crippen molar-refractivity contribution in [1.29, 1.82) is 0 Å². The van der Waals surface area contributed by atoms with Crippen LogP contribution in [0.25, 0.3) is 6.08 Å². The summed E-state index contributed by atoms with van der Waals surface area (Å²) in [7, 11) is 0. The van der Waals surface area contributed by atoms with Crippen LogP contribution in [-0.4, -0.2) is 60.1 Å². The number of benzene rings is 1. The number of rotatable bonds is 4. The van der Waals surface area contributed by atoms with Crippen molar-refractivity contribution < 1.29 is 14.3 Å². The number of amides is 1. The number of carbonyl (C=O) groups excluding carboxylic acids is 1. The number of hydrogen-bond acceptors (Lipinski definition) is 3. The summed E-state index contributed by atoms with van der Waals surface area (Å²) in [5, 5.41) is 8.86. The second-order valence-corrected chi connectivity index (χ2v) is 4.78. The molecule has 0 atom stereocenters. The molecule has 0 unspecified atom stereocenters. The summed E-state index contributed by atoms with van der Waals surface area (Å²) in [6.45, 7) is 3.67. The zero-order valence-corrected chi connectivity index (χ0v) is 11.3. The Morgan fingerprint density at radius 3 is 2.70 bits per heavy atom. The van der Waals surface area contributed by atoms with Crippen LogP contribution < -0.4 is 0 Å². The maximum atomic E-state index is 13.0. The molecule has 1 aliphatic heterocycles. The van der Waals surface area contributed by atoms with Crippen molar-refractivity contribution >= 4 is 12.0 Å². The lowest BCUT2D eigenvalue weighted by atomic mass is 10.2. The zero-order chi connectivity index (χ0) is 14.4. The number of nitrogens with zero attached hydrogens (tertiary/aromatic N) is 2. The molecule has 0 aliphatic carbocycles. The molecule has 1 aliphatic rings. The van der Waals surface area contributed by atoms with Gasteiger partial charge in [-0.1, -0.05) is 12.1 Å². The lowest BCUT2D eigenvalue weighted by Gasteiger charge is -2.33. The Labute approximate surface area is 118 Å². The minimum atomic E-state index is -0.308. The molecule has 2 rings (SSSR count). The molecule has 1 fully saturated rings. The molecule has 0 radical (unpaired) electrons. The van der Waals surface area contributed by atoms with Crippen LogP contribution in [-0.2, 0) is 4.79 Å². The molecule has 0 spiro atoms. The summed E-state index contributed by atoms with van der Waals surface area (Å²) in [5.41, 5.74) is 0.678. The summed E-state index contributed by atoms with van der Waals surface area (Å²) in [6, 6.07) is 6.14. The maximum Gasteiger partial charge on any atom is 0.246 e. The molecule has 5 heteroatoms. The average molecular weight is 278 g/mol. The van der Waals surface area contributed by atoms with Crippen LogP contribution in [0.15, 0.2) is 30.3 Å². The molecule has 1 aromatic rings. The quantitative estimate of drug-likeness (QED) is 0.835. The van der Waals surface area contributed by atoms with Crippen molar-refractivity contribution in [2.24, 2.45) is 0 Å². The number of hydrogen-bond donors (Lipinski definition) is 1. The number of piperazine rings is 1. The Morgan fingerprint density at radius 2 is 2.05 bits per heavy atom. The van der Waals surface area contributed by atoms with Gasteiger partial charge in [0.15, 0.2) is 0 Å². The number of β-amino-alcohol motifs (C(OH)–C–C–N with tert-alkyl or cyclic N) is 1. The molecule has 0 bridgehead atoms. The van der Waals surface area contributed by atoms with Gasteiger partial charge in [-0.2, -0.15) is 0 Å². The van der Waals surface area contributed by atoms with Crippen molar-refractivity contribution in [2.75, 3.05) is 39.3 Å². The fraction of sp³-hybridized carbons (Fsp3) is 0.400. The summed E-state index contributed by atoms with van der Waals surface area (Å²) in [6.07, 6.45) is 3.11. The highest BCUT2D eigenvalue weighted by atomic mass is 19.1. The third-order valence-corrected chi connectivity index (χ3v) is 3.37. The van der Waals surface area contributed by atoms with Crippen LogP contribution in [0.3, 0.4) is 0 Å². The van der Waals surface area contributed by atoms with Crippen LogP contribution in [0.4, 0.5) is 4.39 Å².